The van der Waals surface area contributed by atoms with Crippen molar-refractivity contribution in [3.63, 3.8) is 0 Å². The van der Waals surface area contributed by atoms with Gasteiger partial charge < -0.3 is 0 Å². The monoisotopic (exact) mass is 1840 g/mol. The molecule has 10 heavy (non-hydrogen) atoms. The Balaban J connectivity index is -0.000000000179. The third kappa shape index (κ3) is 60.5. The average Bonchev–Trinajstić information content (AvgIpc) is 1.00. The third-order valence-electron chi connectivity index (χ3n) is 0. The summed E-state index contributed by atoms with van der Waals surface area (Å²) >= 11 is 3.33. The molecule has 0 aromatic heterocycles. The summed E-state index contributed by atoms with van der Waals surface area (Å²) in [6, 6.07) is 0. The topological polar surface area (TPSA) is 0 Å². The minimum atomic E-state index is 0. The van der Waals surface area contributed by atoms with Crippen molar-refractivity contribution in [2.45, 2.75) is 0 Å². The zero-order chi connectivity index (χ0) is 2.00. The summed E-state index contributed by atoms with van der Waals surface area (Å²) in [4.78, 5) is 0. The van der Waals surface area contributed by atoms with Crippen LogP contribution in [0.15, 0.2) is 0 Å². The summed E-state index contributed by atoms with van der Waals surface area (Å²) in [5.74, 6) is 0. The van der Waals surface area contributed by atoms with Gasteiger partial charge in [-0.05, 0) is 0 Å². The molecule has 0 radical (unpaired) electrons. The quantitative estimate of drug-likeness (QED) is 0.321. The van der Waals surface area contributed by atoms with Crippen LogP contribution in [0.4, 0.5) is 0 Å². The Hall–Kier alpha value is 6.88. The maximum absolute atomic E-state index is 1.67. The summed E-state index contributed by atoms with van der Waals surface area (Å²) < 4.78 is 0. The molecule has 0 heterocycles. The summed E-state index contributed by atoms with van der Waals surface area (Å²) in [6.45, 7) is 0. The van der Waals surface area contributed by atoms with E-state index >= 15 is 0 Å². The molecule has 0 aliphatic rings. The molecule has 0 amide bonds. The molecule has 10 heteroatoms. The number of hydrogen-bond donors (Lipinski definition) is 0. The number of hydrogen-bond acceptors (Lipinski definition) is 0. The van der Waals surface area contributed by atoms with Crippen molar-refractivity contribution in [2.24, 2.45) is 0 Å². The van der Waals surface area contributed by atoms with Gasteiger partial charge in [-0.3, -0.25) is 0 Å². The van der Waals surface area contributed by atoms with Crippen LogP contribution in [0, 0.1) is 0 Å². The molecule has 0 aromatic carbocycles. The second-order valence-electron chi connectivity index (χ2n) is 0. The third-order valence-corrected chi connectivity index (χ3v) is 0. The predicted molar refractivity (Wildman–Crippen MR) is 0 cm³/mol. The van der Waals surface area contributed by atoms with Crippen LogP contribution in [0.3, 0.4) is 0 Å². The van der Waals surface area contributed by atoms with Crippen molar-refractivity contribution in [2.75, 3.05) is 0 Å². The molecular weight excluding hydrogens is 1840 g/mol. The fourth-order valence-electron chi connectivity index (χ4n) is 0. The minimum absolute atomic E-state index is 0. The van der Waals surface area contributed by atoms with Crippen molar-refractivity contribution in [3.8, 4) is 0 Å². The predicted octanol–water partition coefficient (Wildman–Crippen LogP) is -0.0250. The summed E-state index contributed by atoms with van der Waals surface area (Å²) in [5, 5.41) is 0. The van der Waals surface area contributed by atoms with Crippen LogP contribution >= 0.6 is 0 Å². The zero-order valence-corrected chi connectivity index (χ0v) is 33.4. The molecule has 60 valence electrons. The van der Waals surface area contributed by atoms with E-state index in [0.717, 1.165) is 0 Å². The van der Waals surface area contributed by atoms with Gasteiger partial charge in [-0.25, -0.2) is 0 Å². The molecule has 0 rings (SSSR count). The molecule has 0 N–H and O–H groups in total. The Bertz CT molecular complexity index is 0. The van der Waals surface area contributed by atoms with E-state index in [9.17, 15) is 0 Å². The van der Waals surface area contributed by atoms with E-state index in [0.29, 0.717) is 0 Å². The molecule has 0 fully saturated rings. The van der Waals surface area contributed by atoms with Gasteiger partial charge in [-0.2, -0.15) is 0 Å². The van der Waals surface area contributed by atoms with Crippen molar-refractivity contribution in [1.29, 1.82) is 0 Å². The molecule has 0 bridgehead atoms. The van der Waals surface area contributed by atoms with Crippen molar-refractivity contribution < 1.29 is 201 Å². The van der Waals surface area contributed by atoms with E-state index in [4.69, 9.17) is 0 Å². The van der Waals surface area contributed by atoms with Crippen LogP contribution in [0.2, 0.25) is 0 Å². The second-order valence-corrected chi connectivity index (χ2v) is 0. The molecule has 0 nitrogen and oxygen atoms in total. The van der Waals surface area contributed by atoms with Crippen molar-refractivity contribution in [3.05, 3.63) is 0 Å². The second kappa shape index (κ2) is 74.3. The van der Waals surface area contributed by atoms with E-state index in [2.05, 4.69) is 0 Å². The Kier molecular flexibility index (Phi) is 509. The summed E-state index contributed by atoms with van der Waals surface area (Å²) in [7, 11) is 0. The van der Waals surface area contributed by atoms with Crippen LogP contribution in [-0.4, -0.2) is 0 Å². The normalized spacial score (nSPS) is 0.400. The average molecular weight is 1840 g/mol. The van der Waals surface area contributed by atoms with Crippen LogP contribution < -0.4 is 0 Å². The molecule has 0 unspecified atom stereocenters. The molecule has 0 saturated carbocycles. The first kappa shape index (κ1) is 68.5. The molecule has 0 atom stereocenters. The van der Waals surface area contributed by atoms with E-state index in [1.807, 2.05) is 0 Å². The van der Waals surface area contributed by atoms with Gasteiger partial charge in [0, 0.05) is 169 Å². The maximum atomic E-state index is 1.67. The fourth-order valence-corrected chi connectivity index (χ4v) is 0. The first-order valence-corrected chi connectivity index (χ1v) is 11.2. The van der Waals surface area contributed by atoms with E-state index in [-0.39, 0.29) is 169 Å². The van der Waals surface area contributed by atoms with E-state index in [1.165, 1.54) is 0 Å². The van der Waals surface area contributed by atoms with Gasteiger partial charge in [0.15, 0.2) is 0 Å². The van der Waals surface area contributed by atoms with Crippen LogP contribution in [-0.2, 0) is 201 Å². The standard InChI is InChI=1S/10W. The van der Waals surface area contributed by atoms with Crippen molar-refractivity contribution in [1.82, 2.24) is 0 Å². The van der Waals surface area contributed by atoms with Gasteiger partial charge in [0.05, 0.1) is 0 Å². The van der Waals surface area contributed by atoms with Gasteiger partial charge in [0.2, 0.25) is 0 Å². The van der Waals surface area contributed by atoms with Gasteiger partial charge >= 0.3 is 32.4 Å². The molecule has 0 aliphatic carbocycles. The first-order chi connectivity index (χ1) is 1.00. The summed E-state index contributed by atoms with van der Waals surface area (Å²) in [6.07, 6.45) is 0. The Labute approximate surface area is 196 Å². The van der Waals surface area contributed by atoms with Crippen LogP contribution in [0.1, 0.15) is 0 Å². The fraction of sp³-hybridized carbons (Fsp3) is 0. The molecule has 0 saturated heterocycles. The number of rotatable bonds is 0. The van der Waals surface area contributed by atoms with Gasteiger partial charge in [0.1, 0.15) is 0 Å². The SMILES string of the molecule is [W].[W].[W].[W].[W].[W].[W].[W].[W]=[W]. The van der Waals surface area contributed by atoms with Gasteiger partial charge in [-0.15, -0.1) is 0 Å². The molecular formula is W10. The zero-order valence-electron chi connectivity index (χ0n) is 4.08. The Morgan fingerprint density at radius 1 is 0.300 bits per heavy atom. The first-order valence-electron chi connectivity index (χ1n) is 0.167. The Morgan fingerprint density at radius 2 is 0.300 bits per heavy atom. The molecule has 0 aromatic rings. The van der Waals surface area contributed by atoms with Crippen LogP contribution in [0.5, 0.6) is 0 Å². The van der Waals surface area contributed by atoms with Crippen molar-refractivity contribution >= 4 is 0 Å². The van der Waals surface area contributed by atoms with Gasteiger partial charge in [0.25, 0.3) is 0 Å². The molecule has 0 spiro atoms. The van der Waals surface area contributed by atoms with Crippen LogP contribution in [0.25, 0.3) is 0 Å². The summed E-state index contributed by atoms with van der Waals surface area (Å²) in [5.41, 5.74) is 0. The van der Waals surface area contributed by atoms with Gasteiger partial charge in [-0.1, -0.05) is 0 Å². The van der Waals surface area contributed by atoms with E-state index < -0.39 is 0 Å². The Morgan fingerprint density at radius 3 is 0.300 bits per heavy atom. The van der Waals surface area contributed by atoms with E-state index in [1.54, 1.807) is 32.4 Å². The molecule has 0 aliphatic heterocycles.